The maximum absolute atomic E-state index is 15.0. The van der Waals surface area contributed by atoms with Crippen LogP contribution < -0.4 is 26.6 Å². The van der Waals surface area contributed by atoms with Gasteiger partial charge in [0.15, 0.2) is 0 Å². The number of aryl methyl sites for hydroxylation is 1. The molecule has 0 unspecified atom stereocenters. The van der Waals surface area contributed by atoms with E-state index >= 15 is 4.79 Å². The summed E-state index contributed by atoms with van der Waals surface area (Å²) in [5, 5.41) is 11.3. The first-order valence-electron chi connectivity index (χ1n) is 20.7. The van der Waals surface area contributed by atoms with Crippen LogP contribution >= 0.6 is 0 Å². The van der Waals surface area contributed by atoms with E-state index in [0.29, 0.717) is 0 Å². The van der Waals surface area contributed by atoms with Crippen LogP contribution in [0.4, 0.5) is 0 Å². The summed E-state index contributed by atoms with van der Waals surface area (Å²) in [7, 11) is 0. The number of fused-ring (bicyclic) bond motifs is 12. The van der Waals surface area contributed by atoms with E-state index in [9.17, 15) is 0 Å². The first-order valence-corrected chi connectivity index (χ1v) is 22.8. The molecule has 2 nitrogen and oxygen atoms in total. The normalized spacial score (nSPS) is 13.2. The Morgan fingerprint density at radius 3 is 1.68 bits per heavy atom. The van der Waals surface area contributed by atoms with Crippen molar-refractivity contribution in [3.05, 3.63) is 216 Å². The summed E-state index contributed by atoms with van der Waals surface area (Å²) in [5.74, 6) is 0. The molecule has 0 bridgehead atoms. The number of benzene rings is 10. The molecule has 0 saturated carbocycles. The molecular weight excluding hydrogens is 842 g/mol. The fourth-order valence-corrected chi connectivity index (χ4v) is 12.8. The van der Waals surface area contributed by atoms with Gasteiger partial charge in [0.2, 0.25) is 0 Å². The van der Waals surface area contributed by atoms with Crippen molar-refractivity contribution in [3.63, 3.8) is 0 Å². The van der Waals surface area contributed by atoms with Gasteiger partial charge in [0.1, 0.15) is 0 Å². The third kappa shape index (κ3) is 5.21. The number of rotatable bonds is 4. The zero-order valence-corrected chi connectivity index (χ0v) is 35.7. The van der Waals surface area contributed by atoms with Crippen molar-refractivity contribution in [2.45, 2.75) is 26.2 Å². The van der Waals surface area contributed by atoms with Gasteiger partial charge in [-0.15, -0.1) is 0 Å². The Morgan fingerprint density at radius 1 is 0.433 bits per heavy atom. The first kappa shape index (κ1) is 35.4. The number of nitrogens with zero attached hydrogens (tertiary/aromatic N) is 1. The van der Waals surface area contributed by atoms with E-state index in [-0.39, 0.29) is 10.8 Å². The Kier molecular flexibility index (Phi) is 7.80. The van der Waals surface area contributed by atoms with Crippen molar-refractivity contribution in [1.82, 2.24) is 4.57 Å². The average Bonchev–Trinajstić information content (AvgIpc) is 3.49. The zero-order chi connectivity index (χ0) is 40.3. The van der Waals surface area contributed by atoms with Gasteiger partial charge < -0.3 is 0 Å². The summed E-state index contributed by atoms with van der Waals surface area (Å²) >= 11 is -0.534. The number of hydrogen-bond donors (Lipinski definition) is 0. The van der Waals surface area contributed by atoms with Gasteiger partial charge >= 0.3 is 302 Å². The van der Waals surface area contributed by atoms with Crippen LogP contribution in [0.5, 0.6) is 0 Å². The summed E-state index contributed by atoms with van der Waals surface area (Å²) in [6.07, 6.45) is 0. The molecule has 0 aliphatic heterocycles. The Labute approximate surface area is 358 Å². The molecule has 1 aliphatic carbocycles. The second kappa shape index (κ2) is 13.2. The molecule has 0 atom stereocenters. The van der Waals surface area contributed by atoms with E-state index < -0.39 is 21.2 Å². The fraction of sp³-hybridized carbons (Fsp3) is 0.0702. The van der Waals surface area contributed by atoms with Gasteiger partial charge in [-0.3, -0.25) is 0 Å². The molecule has 0 amide bonds. The monoisotopic (exact) mass is 880 g/mol. The molecule has 0 N–H and O–H groups in total. The molecule has 0 spiro atoms. The van der Waals surface area contributed by atoms with Crippen molar-refractivity contribution >= 4 is 64.9 Å². The molecule has 11 aromatic rings. The minimum atomic E-state index is -0.534. The number of pyridine rings is 1. The number of halogens is 1. The van der Waals surface area contributed by atoms with Crippen LogP contribution in [0.2, 0.25) is 0 Å². The molecule has 10 aromatic carbocycles. The van der Waals surface area contributed by atoms with Crippen LogP contribution in [0.25, 0.3) is 92.8 Å². The SMILES string of the molecule is Cc1ccccc1-c1ccccc1[I-]c1cccc(-n2c3cc4c(cc3c(=O)c3cc5ccccc5cc32)-c2cc3c5ccccc5c5ccccc5c3cc2C4(C)C)c1. The third-order valence-corrected chi connectivity index (χ3v) is 15.9. The topological polar surface area (TPSA) is 22.0 Å². The molecule has 1 heterocycles. The molecule has 60 heavy (non-hydrogen) atoms. The Balaban J connectivity index is 1.11. The van der Waals surface area contributed by atoms with Gasteiger partial charge in [0, 0.05) is 0 Å². The summed E-state index contributed by atoms with van der Waals surface area (Å²) in [6.45, 7) is 6.91. The van der Waals surface area contributed by atoms with Crippen LogP contribution in [-0.4, -0.2) is 4.57 Å². The van der Waals surface area contributed by atoms with Gasteiger partial charge in [-0.2, -0.15) is 0 Å². The van der Waals surface area contributed by atoms with Crippen molar-refractivity contribution in [1.29, 1.82) is 0 Å². The van der Waals surface area contributed by atoms with Gasteiger partial charge in [0.05, 0.1) is 0 Å². The van der Waals surface area contributed by atoms with E-state index in [1.54, 1.807) is 0 Å². The predicted molar refractivity (Wildman–Crippen MR) is 249 cm³/mol. The fourth-order valence-electron chi connectivity index (χ4n) is 10.1. The minimum absolute atomic E-state index is 0.0732. The van der Waals surface area contributed by atoms with Crippen LogP contribution in [0, 0.1) is 14.1 Å². The second-order valence-electron chi connectivity index (χ2n) is 16.8. The van der Waals surface area contributed by atoms with E-state index in [2.05, 4.69) is 207 Å². The third-order valence-electron chi connectivity index (χ3n) is 13.1. The van der Waals surface area contributed by atoms with Gasteiger partial charge in [-0.05, 0) is 10.8 Å². The number of hydrogen-bond acceptors (Lipinski definition) is 1. The molecule has 0 saturated heterocycles. The van der Waals surface area contributed by atoms with Crippen LogP contribution in [0.1, 0.15) is 30.5 Å². The van der Waals surface area contributed by atoms with Crippen molar-refractivity contribution in [3.8, 4) is 27.9 Å². The molecule has 12 rings (SSSR count). The average molecular weight is 881 g/mol. The molecule has 1 aliphatic rings. The van der Waals surface area contributed by atoms with Crippen LogP contribution in [0.15, 0.2) is 187 Å². The molecular formula is C57H39INO-. The van der Waals surface area contributed by atoms with Crippen molar-refractivity contribution in [2.75, 3.05) is 0 Å². The van der Waals surface area contributed by atoms with Crippen molar-refractivity contribution in [2.24, 2.45) is 0 Å². The Bertz CT molecular complexity index is 3700. The first-order chi connectivity index (χ1) is 29.3. The van der Waals surface area contributed by atoms with Gasteiger partial charge in [0.25, 0.3) is 0 Å². The van der Waals surface area contributed by atoms with Gasteiger partial charge in [-0.1, -0.05) is 48.5 Å². The van der Waals surface area contributed by atoms with Crippen LogP contribution in [0.3, 0.4) is 0 Å². The van der Waals surface area contributed by atoms with Gasteiger partial charge in [-0.25, -0.2) is 0 Å². The standard InChI is InChI=1S/C57H39INO/c1-34-15-4-7-20-39(34)44-25-12-13-26-53(44)58-37-18-14-19-38(29-37)59-54-28-36-17-6-5-16-35(36)27-49(54)56(60)50-31-48-47-30-45-42-23-10-8-21-40(42)41-22-9-11-24-43(41)46(45)32-51(47)57(2,3)52(48)33-55(50)59/h4-33H,1-3H3/q-1. The van der Waals surface area contributed by atoms with E-state index in [1.807, 2.05) is 0 Å². The van der Waals surface area contributed by atoms with Crippen molar-refractivity contribution < 1.29 is 21.2 Å². The summed E-state index contributed by atoms with van der Waals surface area (Å²) in [4.78, 5) is 15.0. The van der Waals surface area contributed by atoms with Crippen LogP contribution in [-0.2, 0) is 5.41 Å². The summed E-state index contributed by atoms with van der Waals surface area (Å²) < 4.78 is 5.09. The van der Waals surface area contributed by atoms with E-state index in [0.717, 1.165) is 43.8 Å². The van der Waals surface area contributed by atoms with E-state index in [4.69, 9.17) is 0 Å². The number of aromatic nitrogens is 1. The van der Waals surface area contributed by atoms with E-state index in [1.165, 1.54) is 72.8 Å². The quantitative estimate of drug-likeness (QED) is 0.0981. The zero-order valence-electron chi connectivity index (χ0n) is 33.6. The Morgan fingerprint density at radius 2 is 0.967 bits per heavy atom. The second-order valence-corrected chi connectivity index (χ2v) is 19.8. The molecule has 1 aromatic heterocycles. The molecule has 0 radical (unpaired) electrons. The predicted octanol–water partition coefficient (Wildman–Crippen LogP) is 11.2. The molecule has 0 fully saturated rings. The summed E-state index contributed by atoms with van der Waals surface area (Å²) in [6, 6.07) is 66.4. The molecule has 3 heteroatoms. The molecule has 286 valence electrons. The maximum atomic E-state index is 15.0. The summed E-state index contributed by atoms with van der Waals surface area (Å²) in [5.41, 5.74) is 11.5. The Hall–Kier alpha value is -6.56.